The SMILES string of the molecule is N#CC(c1cccc(-c2ccccc2)n1)c1c(Cl)cccc1Cl. The van der Waals surface area contributed by atoms with Crippen LogP contribution in [0, 0.1) is 11.3 Å². The molecule has 1 unspecified atom stereocenters. The number of benzene rings is 2. The molecule has 2 nitrogen and oxygen atoms in total. The number of hydrogen-bond donors (Lipinski definition) is 0. The van der Waals surface area contributed by atoms with Gasteiger partial charge < -0.3 is 0 Å². The van der Waals surface area contributed by atoms with Gasteiger partial charge in [0.05, 0.1) is 17.5 Å². The molecule has 1 aromatic heterocycles. The topological polar surface area (TPSA) is 36.7 Å². The van der Waals surface area contributed by atoms with Crippen molar-refractivity contribution in [2.45, 2.75) is 5.92 Å². The highest BCUT2D eigenvalue weighted by atomic mass is 35.5. The molecule has 1 heterocycles. The van der Waals surface area contributed by atoms with Crippen LogP contribution in [0.2, 0.25) is 10.0 Å². The predicted octanol–water partition coefficient (Wildman–Crippen LogP) is 5.71. The lowest BCUT2D eigenvalue weighted by Gasteiger charge is -2.14. The van der Waals surface area contributed by atoms with Gasteiger partial charge in [0.2, 0.25) is 0 Å². The molecule has 0 bridgehead atoms. The Kier molecular flexibility index (Phi) is 4.62. The molecule has 0 aliphatic heterocycles. The highest BCUT2D eigenvalue weighted by molar-refractivity contribution is 6.36. The van der Waals surface area contributed by atoms with E-state index in [0.29, 0.717) is 21.3 Å². The number of rotatable bonds is 3. The molecule has 0 fully saturated rings. The van der Waals surface area contributed by atoms with Gasteiger partial charge in [-0.1, -0.05) is 65.7 Å². The number of halogens is 2. The Morgan fingerprint density at radius 1 is 0.826 bits per heavy atom. The van der Waals surface area contributed by atoms with Gasteiger partial charge in [0.15, 0.2) is 0 Å². The van der Waals surface area contributed by atoms with Gasteiger partial charge in [0.1, 0.15) is 5.92 Å². The molecule has 0 aliphatic rings. The molecule has 0 N–H and O–H groups in total. The second-order valence-corrected chi connectivity index (χ2v) is 5.83. The molecule has 1 atom stereocenters. The zero-order chi connectivity index (χ0) is 16.2. The van der Waals surface area contributed by atoms with Crippen molar-refractivity contribution in [1.29, 1.82) is 5.26 Å². The summed E-state index contributed by atoms with van der Waals surface area (Å²) in [5.74, 6) is -0.611. The summed E-state index contributed by atoms with van der Waals surface area (Å²) in [7, 11) is 0. The van der Waals surface area contributed by atoms with E-state index < -0.39 is 5.92 Å². The van der Waals surface area contributed by atoms with Crippen molar-refractivity contribution in [3.05, 3.63) is 88.0 Å². The highest BCUT2D eigenvalue weighted by Gasteiger charge is 2.21. The van der Waals surface area contributed by atoms with Crippen LogP contribution >= 0.6 is 23.2 Å². The number of pyridine rings is 1. The van der Waals surface area contributed by atoms with Crippen LogP contribution in [0.3, 0.4) is 0 Å². The van der Waals surface area contributed by atoms with Crippen molar-refractivity contribution in [3.63, 3.8) is 0 Å². The molecule has 4 heteroatoms. The van der Waals surface area contributed by atoms with Gasteiger partial charge in [0, 0.05) is 21.2 Å². The van der Waals surface area contributed by atoms with E-state index in [0.717, 1.165) is 11.3 Å². The van der Waals surface area contributed by atoms with Crippen molar-refractivity contribution in [2.24, 2.45) is 0 Å². The van der Waals surface area contributed by atoms with Crippen LogP contribution in [0.15, 0.2) is 66.7 Å². The molecule has 3 rings (SSSR count). The van der Waals surface area contributed by atoms with Gasteiger partial charge in [0.25, 0.3) is 0 Å². The Bertz CT molecular complexity index is 850. The van der Waals surface area contributed by atoms with E-state index in [4.69, 9.17) is 23.2 Å². The zero-order valence-corrected chi connectivity index (χ0v) is 13.6. The Morgan fingerprint density at radius 3 is 2.13 bits per heavy atom. The Morgan fingerprint density at radius 2 is 1.48 bits per heavy atom. The fourth-order valence-corrected chi connectivity index (χ4v) is 3.06. The monoisotopic (exact) mass is 338 g/mol. The molecule has 0 radical (unpaired) electrons. The Balaban J connectivity index is 2.09. The molecule has 2 aromatic carbocycles. The molecule has 3 aromatic rings. The second kappa shape index (κ2) is 6.83. The van der Waals surface area contributed by atoms with Gasteiger partial charge in [-0.2, -0.15) is 5.26 Å². The smallest absolute Gasteiger partial charge is 0.116 e. The minimum atomic E-state index is -0.611. The van der Waals surface area contributed by atoms with Crippen LogP contribution in [0.4, 0.5) is 0 Å². The summed E-state index contributed by atoms with van der Waals surface area (Å²) < 4.78 is 0. The van der Waals surface area contributed by atoms with E-state index in [9.17, 15) is 5.26 Å². The molecular formula is C19H12Cl2N2. The third-order valence-electron chi connectivity index (χ3n) is 3.55. The van der Waals surface area contributed by atoms with Crippen LogP contribution in [-0.4, -0.2) is 4.98 Å². The summed E-state index contributed by atoms with van der Waals surface area (Å²) in [4.78, 5) is 4.63. The lowest BCUT2D eigenvalue weighted by molar-refractivity contribution is 0.969. The van der Waals surface area contributed by atoms with Gasteiger partial charge in [-0.15, -0.1) is 0 Å². The average Bonchev–Trinajstić information content (AvgIpc) is 2.59. The minimum Gasteiger partial charge on any atom is -0.251 e. The molecule has 0 aliphatic carbocycles. The Labute approximate surface area is 144 Å². The summed E-state index contributed by atoms with van der Waals surface area (Å²) in [5, 5.41) is 10.6. The summed E-state index contributed by atoms with van der Waals surface area (Å²) in [5.41, 5.74) is 3.03. The molecule has 0 amide bonds. The van der Waals surface area contributed by atoms with Crippen molar-refractivity contribution >= 4 is 23.2 Å². The van der Waals surface area contributed by atoms with Crippen LogP contribution in [0.5, 0.6) is 0 Å². The van der Waals surface area contributed by atoms with Gasteiger partial charge in [-0.3, -0.25) is 4.98 Å². The molecular weight excluding hydrogens is 327 g/mol. The molecule has 23 heavy (non-hydrogen) atoms. The van der Waals surface area contributed by atoms with E-state index >= 15 is 0 Å². The summed E-state index contributed by atoms with van der Waals surface area (Å²) >= 11 is 12.5. The average molecular weight is 339 g/mol. The van der Waals surface area contributed by atoms with Gasteiger partial charge >= 0.3 is 0 Å². The van der Waals surface area contributed by atoms with Gasteiger partial charge in [-0.25, -0.2) is 0 Å². The first-order chi connectivity index (χ1) is 11.2. The fourth-order valence-electron chi connectivity index (χ4n) is 2.45. The number of nitriles is 1. The number of aromatic nitrogens is 1. The van der Waals surface area contributed by atoms with Crippen LogP contribution < -0.4 is 0 Å². The maximum Gasteiger partial charge on any atom is 0.116 e. The molecule has 112 valence electrons. The normalized spacial score (nSPS) is 11.7. The summed E-state index contributed by atoms with van der Waals surface area (Å²) in [6, 6.07) is 22.9. The summed E-state index contributed by atoms with van der Waals surface area (Å²) in [6.45, 7) is 0. The maximum atomic E-state index is 9.64. The fraction of sp³-hybridized carbons (Fsp3) is 0.0526. The van der Waals surface area contributed by atoms with Crippen molar-refractivity contribution in [3.8, 4) is 17.3 Å². The van der Waals surface area contributed by atoms with Crippen LogP contribution in [0.25, 0.3) is 11.3 Å². The molecule has 0 saturated heterocycles. The number of hydrogen-bond acceptors (Lipinski definition) is 2. The van der Waals surface area contributed by atoms with E-state index in [1.807, 2.05) is 48.5 Å². The third kappa shape index (κ3) is 3.22. The highest BCUT2D eigenvalue weighted by Crippen LogP contribution is 2.35. The van der Waals surface area contributed by atoms with Crippen LogP contribution in [-0.2, 0) is 0 Å². The predicted molar refractivity (Wildman–Crippen MR) is 93.6 cm³/mol. The van der Waals surface area contributed by atoms with Crippen molar-refractivity contribution in [1.82, 2.24) is 4.98 Å². The molecule has 0 saturated carbocycles. The lowest BCUT2D eigenvalue weighted by atomic mass is 9.96. The second-order valence-electron chi connectivity index (χ2n) is 5.01. The van der Waals surface area contributed by atoms with Gasteiger partial charge in [-0.05, 0) is 24.3 Å². The van der Waals surface area contributed by atoms with E-state index in [1.54, 1.807) is 18.2 Å². The lowest BCUT2D eigenvalue weighted by Crippen LogP contribution is -2.03. The minimum absolute atomic E-state index is 0.468. The first-order valence-electron chi connectivity index (χ1n) is 7.06. The van der Waals surface area contributed by atoms with E-state index in [-0.39, 0.29) is 0 Å². The van der Waals surface area contributed by atoms with Crippen LogP contribution in [0.1, 0.15) is 17.2 Å². The first-order valence-corrected chi connectivity index (χ1v) is 7.82. The maximum absolute atomic E-state index is 9.64. The van der Waals surface area contributed by atoms with Crippen molar-refractivity contribution in [2.75, 3.05) is 0 Å². The summed E-state index contributed by atoms with van der Waals surface area (Å²) in [6.07, 6.45) is 0. The standard InChI is InChI=1S/C19H12Cl2N2/c20-15-8-4-9-16(21)19(15)14(12-22)18-11-5-10-17(23-18)13-6-2-1-3-7-13/h1-11,14H. The third-order valence-corrected chi connectivity index (χ3v) is 4.21. The van der Waals surface area contributed by atoms with Crippen molar-refractivity contribution < 1.29 is 0 Å². The molecule has 0 spiro atoms. The quantitative estimate of drug-likeness (QED) is 0.613. The van der Waals surface area contributed by atoms with E-state index in [2.05, 4.69) is 11.1 Å². The first kappa shape index (κ1) is 15.6. The van der Waals surface area contributed by atoms with E-state index in [1.165, 1.54) is 0 Å². The zero-order valence-electron chi connectivity index (χ0n) is 12.1. The Hall–Kier alpha value is -2.34. The largest absolute Gasteiger partial charge is 0.251 e. The number of nitrogens with zero attached hydrogens (tertiary/aromatic N) is 2.